The average molecular weight is 248 g/mol. The molecule has 0 aliphatic heterocycles. The van der Waals surface area contributed by atoms with Crippen LogP contribution in [0, 0.1) is 22.7 Å². The Morgan fingerprint density at radius 2 is 1.67 bits per heavy atom. The quantitative estimate of drug-likeness (QED) is 0.678. The predicted molar refractivity (Wildman–Crippen MR) is 73.3 cm³/mol. The van der Waals surface area contributed by atoms with E-state index in [9.17, 15) is 5.11 Å². The van der Waals surface area contributed by atoms with Crippen LogP contribution in [0.25, 0.3) is 0 Å². The van der Waals surface area contributed by atoms with Gasteiger partial charge in [-0.05, 0) is 74.0 Å². The standard InChI is InChI=1S/C17H28O/c1-15-6-4-9-17(18,12-15)14-11-16(7-2-3-8-16)13(14)5-10-15/h13-14,18H,2-12H2,1H3. The maximum absolute atomic E-state index is 11.2. The molecular formula is C17H28O. The lowest BCUT2D eigenvalue weighted by atomic mass is 9.47. The molecule has 1 spiro atoms. The first-order chi connectivity index (χ1) is 8.56. The SMILES string of the molecule is CC12CCCC(O)(C1)C1CC3(CCCC3)C1CC2. The van der Waals surface area contributed by atoms with Gasteiger partial charge >= 0.3 is 0 Å². The highest BCUT2D eigenvalue weighted by atomic mass is 16.3. The van der Waals surface area contributed by atoms with Crippen molar-refractivity contribution in [3.63, 3.8) is 0 Å². The maximum Gasteiger partial charge on any atom is 0.0684 e. The summed E-state index contributed by atoms with van der Waals surface area (Å²) in [5, 5.41) is 11.2. The summed E-state index contributed by atoms with van der Waals surface area (Å²) in [5.74, 6) is 1.54. The van der Waals surface area contributed by atoms with E-state index in [1.54, 1.807) is 0 Å². The number of rotatable bonds is 0. The van der Waals surface area contributed by atoms with Crippen LogP contribution in [0.1, 0.15) is 77.6 Å². The Morgan fingerprint density at radius 1 is 0.889 bits per heavy atom. The van der Waals surface area contributed by atoms with Gasteiger partial charge < -0.3 is 5.11 Å². The van der Waals surface area contributed by atoms with E-state index in [0.717, 1.165) is 18.8 Å². The van der Waals surface area contributed by atoms with Crippen LogP contribution in [0.2, 0.25) is 0 Å². The zero-order chi connectivity index (χ0) is 12.4. The van der Waals surface area contributed by atoms with E-state index in [1.165, 1.54) is 57.8 Å². The lowest BCUT2D eigenvalue weighted by Crippen LogP contribution is -2.57. The molecule has 1 heteroatoms. The molecular weight excluding hydrogens is 220 g/mol. The molecule has 0 aromatic heterocycles. The highest BCUT2D eigenvalue weighted by Gasteiger charge is 2.63. The highest BCUT2D eigenvalue weighted by Crippen LogP contribution is 2.69. The number of hydrogen-bond acceptors (Lipinski definition) is 1. The van der Waals surface area contributed by atoms with Gasteiger partial charge in [-0.1, -0.05) is 26.2 Å². The minimum absolute atomic E-state index is 0.276. The average Bonchev–Trinajstić information content (AvgIpc) is 2.74. The van der Waals surface area contributed by atoms with Gasteiger partial charge in [-0.25, -0.2) is 0 Å². The molecule has 4 aliphatic carbocycles. The van der Waals surface area contributed by atoms with E-state index < -0.39 is 0 Å². The Labute approximate surface area is 111 Å². The molecule has 4 saturated carbocycles. The van der Waals surface area contributed by atoms with Crippen LogP contribution in [-0.4, -0.2) is 10.7 Å². The van der Waals surface area contributed by atoms with Crippen molar-refractivity contribution in [3.05, 3.63) is 0 Å². The fourth-order valence-electron chi connectivity index (χ4n) is 6.49. The van der Waals surface area contributed by atoms with Crippen LogP contribution in [0.15, 0.2) is 0 Å². The second kappa shape index (κ2) is 3.53. The number of aliphatic hydroxyl groups is 1. The Balaban J connectivity index is 1.65. The summed E-state index contributed by atoms with van der Waals surface area (Å²) in [4.78, 5) is 0. The Kier molecular flexibility index (Phi) is 2.31. The molecule has 0 aromatic carbocycles. The first-order valence-corrected chi connectivity index (χ1v) is 8.28. The highest BCUT2D eigenvalue weighted by molar-refractivity contribution is 5.13. The molecule has 4 unspecified atom stereocenters. The van der Waals surface area contributed by atoms with Crippen LogP contribution in [0.3, 0.4) is 0 Å². The van der Waals surface area contributed by atoms with Gasteiger partial charge in [0.2, 0.25) is 0 Å². The zero-order valence-corrected chi connectivity index (χ0v) is 11.9. The van der Waals surface area contributed by atoms with Gasteiger partial charge in [0.25, 0.3) is 0 Å². The third-order valence-electron chi connectivity index (χ3n) is 7.37. The Bertz CT molecular complexity index is 357. The Morgan fingerprint density at radius 3 is 2.44 bits per heavy atom. The maximum atomic E-state index is 11.2. The van der Waals surface area contributed by atoms with Crippen molar-refractivity contribution >= 4 is 0 Å². The molecule has 4 atom stereocenters. The Hall–Kier alpha value is -0.0400. The van der Waals surface area contributed by atoms with E-state index >= 15 is 0 Å². The fraction of sp³-hybridized carbons (Fsp3) is 1.00. The molecule has 102 valence electrons. The van der Waals surface area contributed by atoms with E-state index in [0.29, 0.717) is 16.7 Å². The molecule has 0 saturated heterocycles. The van der Waals surface area contributed by atoms with Gasteiger partial charge in [0, 0.05) is 0 Å². The molecule has 18 heavy (non-hydrogen) atoms. The molecule has 0 amide bonds. The van der Waals surface area contributed by atoms with Gasteiger partial charge in [0.1, 0.15) is 0 Å². The van der Waals surface area contributed by atoms with Gasteiger partial charge in [-0.2, -0.15) is 0 Å². The largest absolute Gasteiger partial charge is 0.390 e. The van der Waals surface area contributed by atoms with Gasteiger partial charge in [0.15, 0.2) is 0 Å². The van der Waals surface area contributed by atoms with Gasteiger partial charge in [-0.3, -0.25) is 0 Å². The third kappa shape index (κ3) is 1.43. The summed E-state index contributed by atoms with van der Waals surface area (Å²) in [6.45, 7) is 2.45. The fourth-order valence-corrected chi connectivity index (χ4v) is 6.49. The van der Waals surface area contributed by atoms with E-state index in [-0.39, 0.29) is 5.60 Å². The van der Waals surface area contributed by atoms with Crippen LogP contribution in [-0.2, 0) is 0 Å². The first kappa shape index (κ1) is 11.8. The second-order valence-electron chi connectivity index (χ2n) is 8.47. The number of fused-ring (bicyclic) bond motifs is 5. The van der Waals surface area contributed by atoms with Gasteiger partial charge in [-0.15, -0.1) is 0 Å². The van der Waals surface area contributed by atoms with Crippen LogP contribution in [0.4, 0.5) is 0 Å². The molecule has 4 fully saturated rings. The third-order valence-corrected chi connectivity index (χ3v) is 7.37. The number of hydrogen-bond donors (Lipinski definition) is 1. The van der Waals surface area contributed by atoms with Crippen molar-refractivity contribution in [2.75, 3.05) is 0 Å². The van der Waals surface area contributed by atoms with E-state index in [2.05, 4.69) is 6.92 Å². The molecule has 0 aromatic rings. The summed E-state index contributed by atoms with van der Waals surface area (Å²) in [5.41, 5.74) is 0.875. The summed E-state index contributed by atoms with van der Waals surface area (Å²) >= 11 is 0. The van der Waals surface area contributed by atoms with Crippen molar-refractivity contribution in [2.24, 2.45) is 22.7 Å². The predicted octanol–water partition coefficient (Wildman–Crippen LogP) is 4.29. The molecule has 1 nitrogen and oxygen atoms in total. The van der Waals surface area contributed by atoms with Gasteiger partial charge in [0.05, 0.1) is 5.60 Å². The van der Waals surface area contributed by atoms with E-state index in [1.807, 2.05) is 0 Å². The first-order valence-electron chi connectivity index (χ1n) is 8.28. The van der Waals surface area contributed by atoms with Crippen LogP contribution < -0.4 is 0 Å². The normalized spacial score (nSPS) is 53.7. The summed E-state index contributed by atoms with van der Waals surface area (Å²) < 4.78 is 0. The van der Waals surface area contributed by atoms with E-state index in [4.69, 9.17) is 0 Å². The van der Waals surface area contributed by atoms with Crippen LogP contribution in [0.5, 0.6) is 0 Å². The second-order valence-corrected chi connectivity index (χ2v) is 8.47. The van der Waals surface area contributed by atoms with Crippen molar-refractivity contribution in [2.45, 2.75) is 83.2 Å². The monoisotopic (exact) mass is 248 g/mol. The smallest absolute Gasteiger partial charge is 0.0684 e. The molecule has 1 N–H and O–H groups in total. The van der Waals surface area contributed by atoms with Crippen molar-refractivity contribution < 1.29 is 5.11 Å². The lowest BCUT2D eigenvalue weighted by molar-refractivity contribution is -0.170. The topological polar surface area (TPSA) is 20.2 Å². The molecule has 2 bridgehead atoms. The summed E-state index contributed by atoms with van der Waals surface area (Å²) in [6.07, 6.45) is 14.9. The van der Waals surface area contributed by atoms with Crippen molar-refractivity contribution in [1.29, 1.82) is 0 Å². The molecule has 0 heterocycles. The van der Waals surface area contributed by atoms with Crippen molar-refractivity contribution in [1.82, 2.24) is 0 Å². The molecule has 0 radical (unpaired) electrons. The summed E-state index contributed by atoms with van der Waals surface area (Å²) in [6, 6.07) is 0. The summed E-state index contributed by atoms with van der Waals surface area (Å²) in [7, 11) is 0. The lowest BCUT2D eigenvalue weighted by Gasteiger charge is -2.59. The van der Waals surface area contributed by atoms with Crippen LogP contribution >= 0.6 is 0 Å². The minimum Gasteiger partial charge on any atom is -0.390 e. The minimum atomic E-state index is -0.276. The molecule has 4 rings (SSSR count). The zero-order valence-electron chi connectivity index (χ0n) is 11.9. The molecule has 4 aliphatic rings. The van der Waals surface area contributed by atoms with Crippen molar-refractivity contribution in [3.8, 4) is 0 Å².